The third-order valence-corrected chi connectivity index (χ3v) is 9.66. The van der Waals surface area contributed by atoms with E-state index in [0.29, 0.717) is 18.2 Å². The summed E-state index contributed by atoms with van der Waals surface area (Å²) < 4.78 is 6.47. The summed E-state index contributed by atoms with van der Waals surface area (Å²) in [5.41, 5.74) is 8.78. The molecule has 0 fully saturated rings. The molecule has 0 saturated heterocycles. The van der Waals surface area contributed by atoms with E-state index in [-0.39, 0.29) is 0 Å². The Balaban J connectivity index is 1.21. The number of fused-ring (bicyclic) bond motifs is 5. The molecule has 52 heavy (non-hydrogen) atoms. The van der Waals surface area contributed by atoms with Crippen LogP contribution in [0.3, 0.4) is 0 Å². The maximum absolute atomic E-state index is 6.47. The molecule has 0 bridgehead atoms. The van der Waals surface area contributed by atoms with Crippen LogP contribution in [0.1, 0.15) is 16.7 Å². The highest BCUT2D eigenvalue weighted by Crippen LogP contribution is 2.37. The largest absolute Gasteiger partial charge is 0.456 e. The van der Waals surface area contributed by atoms with Gasteiger partial charge in [-0.15, -0.1) is 0 Å². The van der Waals surface area contributed by atoms with E-state index in [2.05, 4.69) is 151 Å². The molecule has 4 nitrogen and oxygen atoms in total. The summed E-state index contributed by atoms with van der Waals surface area (Å²) in [5, 5.41) is 6.73. The monoisotopic (exact) mass is 667 g/mol. The van der Waals surface area contributed by atoms with Crippen LogP contribution in [0.4, 0.5) is 0 Å². The standard InChI is InChI=1S/C48H33N3O/c1-49-48(43-29-39(38-27-22-33-14-5-6-16-37(33)28-38)30-45-46(43)42-19-9-10-21-44(42)52-45)51-47(50-31-32-12-3-2-4-13-32)36-25-23-35(24-26-36)41-20-11-17-34-15-7-8-18-40(34)41/h2-30H,1,31H2. The Morgan fingerprint density at radius 3 is 2.02 bits per heavy atom. The number of para-hydroxylation sites is 1. The van der Waals surface area contributed by atoms with Crippen molar-refractivity contribution in [2.45, 2.75) is 6.54 Å². The number of hydrogen-bond acceptors (Lipinski definition) is 2. The molecule has 9 rings (SSSR count). The van der Waals surface area contributed by atoms with Crippen LogP contribution in [0.2, 0.25) is 0 Å². The Kier molecular flexibility index (Phi) is 8.03. The summed E-state index contributed by atoms with van der Waals surface area (Å²) >= 11 is 0. The first-order valence-electron chi connectivity index (χ1n) is 17.4. The third-order valence-electron chi connectivity index (χ3n) is 9.66. The van der Waals surface area contributed by atoms with Gasteiger partial charge in [0.15, 0.2) is 11.7 Å². The molecule has 0 amide bonds. The van der Waals surface area contributed by atoms with Crippen molar-refractivity contribution in [1.82, 2.24) is 0 Å². The van der Waals surface area contributed by atoms with Crippen molar-refractivity contribution < 1.29 is 4.42 Å². The number of nitrogens with zero attached hydrogens (tertiary/aromatic N) is 3. The van der Waals surface area contributed by atoms with E-state index in [0.717, 1.165) is 55.3 Å². The van der Waals surface area contributed by atoms with Crippen LogP contribution < -0.4 is 0 Å². The fourth-order valence-electron chi connectivity index (χ4n) is 7.06. The molecule has 246 valence electrons. The van der Waals surface area contributed by atoms with Crippen LogP contribution in [-0.2, 0) is 6.54 Å². The Bertz CT molecular complexity index is 2820. The van der Waals surface area contributed by atoms with Gasteiger partial charge in [0.05, 0.1) is 6.54 Å². The summed E-state index contributed by atoms with van der Waals surface area (Å²) in [6.45, 7) is 4.50. The predicted molar refractivity (Wildman–Crippen MR) is 219 cm³/mol. The third kappa shape index (κ3) is 5.86. The molecule has 0 aliphatic carbocycles. The molecule has 1 aromatic heterocycles. The minimum absolute atomic E-state index is 0.469. The SMILES string of the molecule is C=NC(=NC(=NCc1ccccc1)c1ccc(-c2cccc3ccccc23)cc1)c1cc(-c2ccc3ccccc3c2)cc2oc3ccccc3c12. The fourth-order valence-corrected chi connectivity index (χ4v) is 7.06. The van der Waals surface area contributed by atoms with Crippen molar-refractivity contribution in [3.05, 3.63) is 193 Å². The van der Waals surface area contributed by atoms with Crippen LogP contribution in [0.25, 0.3) is 65.7 Å². The minimum atomic E-state index is 0.469. The van der Waals surface area contributed by atoms with Gasteiger partial charge in [0.2, 0.25) is 0 Å². The first kappa shape index (κ1) is 31.1. The summed E-state index contributed by atoms with van der Waals surface area (Å²) in [4.78, 5) is 14.9. The molecule has 4 heteroatoms. The molecule has 0 radical (unpaired) electrons. The van der Waals surface area contributed by atoms with Gasteiger partial charge in [-0.2, -0.15) is 0 Å². The van der Waals surface area contributed by atoms with Crippen molar-refractivity contribution in [1.29, 1.82) is 0 Å². The molecule has 0 N–H and O–H groups in total. The number of amidine groups is 2. The van der Waals surface area contributed by atoms with E-state index in [9.17, 15) is 0 Å². The highest BCUT2D eigenvalue weighted by Gasteiger charge is 2.18. The molecule has 0 atom stereocenters. The lowest BCUT2D eigenvalue weighted by atomic mass is 9.96. The van der Waals surface area contributed by atoms with E-state index >= 15 is 0 Å². The number of aliphatic imine (C=N–C) groups is 3. The number of hydrogen-bond donors (Lipinski definition) is 0. The van der Waals surface area contributed by atoms with Crippen LogP contribution in [0, 0.1) is 0 Å². The Labute approximate surface area is 301 Å². The second kappa shape index (κ2) is 13.4. The van der Waals surface area contributed by atoms with Crippen molar-refractivity contribution in [2.75, 3.05) is 0 Å². The first-order valence-corrected chi connectivity index (χ1v) is 17.4. The lowest BCUT2D eigenvalue weighted by molar-refractivity contribution is 0.669. The molecule has 0 saturated carbocycles. The second-order valence-electron chi connectivity index (χ2n) is 12.9. The van der Waals surface area contributed by atoms with Gasteiger partial charge in [-0.3, -0.25) is 4.99 Å². The summed E-state index contributed by atoms with van der Waals surface area (Å²) in [6.07, 6.45) is 0. The normalized spacial score (nSPS) is 12.2. The zero-order chi connectivity index (χ0) is 34.9. The van der Waals surface area contributed by atoms with E-state index < -0.39 is 0 Å². The highest BCUT2D eigenvalue weighted by molar-refractivity contribution is 6.22. The van der Waals surface area contributed by atoms with Crippen molar-refractivity contribution in [2.24, 2.45) is 15.0 Å². The lowest BCUT2D eigenvalue weighted by Gasteiger charge is -2.11. The van der Waals surface area contributed by atoms with Gasteiger partial charge in [-0.25, -0.2) is 9.98 Å². The molecule has 8 aromatic carbocycles. The van der Waals surface area contributed by atoms with Gasteiger partial charge in [-0.05, 0) is 80.3 Å². The quantitative estimate of drug-likeness (QED) is 0.129. The lowest BCUT2D eigenvalue weighted by Crippen LogP contribution is -2.06. The summed E-state index contributed by atoms with van der Waals surface area (Å²) in [6, 6.07) is 60.9. The molecule has 0 aliphatic heterocycles. The second-order valence-corrected chi connectivity index (χ2v) is 12.9. The molecular weight excluding hydrogens is 635 g/mol. The van der Waals surface area contributed by atoms with Crippen LogP contribution >= 0.6 is 0 Å². The molecule has 0 aliphatic rings. The van der Waals surface area contributed by atoms with Gasteiger partial charge in [0, 0.05) is 21.9 Å². The molecule has 9 aromatic rings. The van der Waals surface area contributed by atoms with Crippen LogP contribution in [0.15, 0.2) is 195 Å². The Morgan fingerprint density at radius 1 is 0.500 bits per heavy atom. The summed E-state index contributed by atoms with van der Waals surface area (Å²) in [7, 11) is 0. The van der Waals surface area contributed by atoms with E-state index in [1.165, 1.54) is 27.1 Å². The van der Waals surface area contributed by atoms with Gasteiger partial charge < -0.3 is 4.42 Å². The molecule has 0 unspecified atom stereocenters. The van der Waals surface area contributed by atoms with Crippen LogP contribution in [0.5, 0.6) is 0 Å². The minimum Gasteiger partial charge on any atom is -0.456 e. The Hall–Kier alpha value is -6.91. The van der Waals surface area contributed by atoms with Gasteiger partial charge in [-0.1, -0.05) is 152 Å². The van der Waals surface area contributed by atoms with Crippen molar-refractivity contribution in [3.63, 3.8) is 0 Å². The maximum Gasteiger partial charge on any atom is 0.161 e. The first-order chi connectivity index (χ1) is 25.7. The van der Waals surface area contributed by atoms with E-state index in [1.54, 1.807) is 0 Å². The fraction of sp³-hybridized carbons (Fsp3) is 0.0208. The predicted octanol–water partition coefficient (Wildman–Crippen LogP) is 12.3. The van der Waals surface area contributed by atoms with Crippen molar-refractivity contribution >= 4 is 61.9 Å². The van der Waals surface area contributed by atoms with Crippen molar-refractivity contribution in [3.8, 4) is 22.3 Å². The van der Waals surface area contributed by atoms with Crippen LogP contribution in [-0.4, -0.2) is 18.4 Å². The molecule has 0 spiro atoms. The summed E-state index contributed by atoms with van der Waals surface area (Å²) in [5.74, 6) is 1.05. The van der Waals surface area contributed by atoms with Gasteiger partial charge in [0.25, 0.3) is 0 Å². The average molecular weight is 668 g/mol. The number of rotatable bonds is 6. The van der Waals surface area contributed by atoms with E-state index in [1.807, 2.05) is 36.4 Å². The molecular formula is C48H33N3O. The number of furan rings is 1. The Morgan fingerprint density at radius 2 is 1.19 bits per heavy atom. The smallest absolute Gasteiger partial charge is 0.161 e. The van der Waals surface area contributed by atoms with E-state index in [4.69, 9.17) is 14.4 Å². The highest BCUT2D eigenvalue weighted by atomic mass is 16.3. The molecule has 1 heterocycles. The number of benzene rings is 8. The zero-order valence-electron chi connectivity index (χ0n) is 28.4. The average Bonchev–Trinajstić information content (AvgIpc) is 3.59. The zero-order valence-corrected chi connectivity index (χ0v) is 28.4. The van der Waals surface area contributed by atoms with Gasteiger partial charge >= 0.3 is 0 Å². The topological polar surface area (TPSA) is 50.2 Å². The van der Waals surface area contributed by atoms with Gasteiger partial charge in [0.1, 0.15) is 11.2 Å². The maximum atomic E-state index is 6.47.